The number of rotatable bonds is 4. The number of hydrogen-bond donors (Lipinski definition) is 1. The number of hydrogen-bond acceptors (Lipinski definition) is 7. The van der Waals surface area contributed by atoms with Gasteiger partial charge in [-0.2, -0.15) is 9.49 Å². The van der Waals surface area contributed by atoms with Gasteiger partial charge in [0.2, 0.25) is 5.95 Å². The Kier molecular flexibility index (Phi) is 5.19. The molecule has 8 heteroatoms. The smallest absolute Gasteiger partial charge is 0.220 e. The highest BCUT2D eigenvalue weighted by Gasteiger charge is 2.22. The number of pyridine rings is 2. The maximum absolute atomic E-state index is 14.8. The second-order valence-corrected chi connectivity index (χ2v) is 9.28. The zero-order valence-corrected chi connectivity index (χ0v) is 18.5. The van der Waals surface area contributed by atoms with Crippen molar-refractivity contribution in [3.05, 3.63) is 52.7 Å². The van der Waals surface area contributed by atoms with Crippen LogP contribution in [0.2, 0.25) is 0 Å². The van der Waals surface area contributed by atoms with Crippen LogP contribution in [0, 0.1) is 5.95 Å². The molecule has 3 aromatic heterocycles. The van der Waals surface area contributed by atoms with Gasteiger partial charge in [0.25, 0.3) is 0 Å². The molecule has 3 aromatic rings. The van der Waals surface area contributed by atoms with Crippen molar-refractivity contribution in [3.63, 3.8) is 0 Å². The summed E-state index contributed by atoms with van der Waals surface area (Å²) >= 11 is 1.78. The third kappa shape index (κ3) is 3.81. The Labute approximate surface area is 185 Å². The summed E-state index contributed by atoms with van der Waals surface area (Å²) in [5, 5.41) is 6.15. The number of likely N-dealkylation sites (N-methyl/N-ethyl adjacent to an activating group) is 2. The van der Waals surface area contributed by atoms with Crippen LogP contribution in [0.5, 0.6) is 0 Å². The van der Waals surface area contributed by atoms with E-state index in [2.05, 4.69) is 33.0 Å². The van der Waals surface area contributed by atoms with Gasteiger partial charge >= 0.3 is 0 Å². The molecule has 2 aliphatic rings. The molecule has 2 N–H and O–H groups in total. The van der Waals surface area contributed by atoms with Crippen LogP contribution < -0.4 is 5.73 Å². The van der Waals surface area contributed by atoms with Crippen LogP contribution in [0.15, 0.2) is 35.7 Å². The van der Waals surface area contributed by atoms with E-state index in [1.54, 1.807) is 23.7 Å². The molecule has 31 heavy (non-hydrogen) atoms. The van der Waals surface area contributed by atoms with Crippen molar-refractivity contribution in [2.45, 2.75) is 25.8 Å². The van der Waals surface area contributed by atoms with Crippen LogP contribution in [0.25, 0.3) is 21.6 Å². The predicted molar refractivity (Wildman–Crippen MR) is 124 cm³/mol. The highest BCUT2D eigenvalue weighted by Crippen LogP contribution is 2.37. The molecule has 0 amide bonds. The average molecular weight is 437 g/mol. The van der Waals surface area contributed by atoms with Crippen molar-refractivity contribution >= 4 is 23.2 Å². The lowest BCUT2D eigenvalue weighted by atomic mass is 9.99. The van der Waals surface area contributed by atoms with Gasteiger partial charge in [0.1, 0.15) is 0 Å². The normalized spacial score (nSPS) is 18.5. The van der Waals surface area contributed by atoms with Gasteiger partial charge in [0, 0.05) is 65.5 Å². The Morgan fingerprint density at radius 1 is 1.19 bits per heavy atom. The summed E-state index contributed by atoms with van der Waals surface area (Å²) in [4.78, 5) is 13.5. The van der Waals surface area contributed by atoms with Crippen molar-refractivity contribution in [3.8, 4) is 21.6 Å². The zero-order valence-electron chi connectivity index (χ0n) is 17.7. The molecule has 0 aliphatic carbocycles. The first-order valence-electron chi connectivity index (χ1n) is 10.5. The molecule has 6 nitrogen and oxygen atoms in total. The molecule has 5 heterocycles. The molecular weight excluding hydrogens is 411 g/mol. The van der Waals surface area contributed by atoms with Gasteiger partial charge in [0.05, 0.1) is 23.5 Å². The third-order valence-electron chi connectivity index (χ3n) is 6.05. The highest BCUT2D eigenvalue weighted by atomic mass is 32.1. The maximum Gasteiger partial charge on any atom is 0.220 e. The number of hydrazone groups is 1. The minimum Gasteiger partial charge on any atom is -0.397 e. The van der Waals surface area contributed by atoms with Crippen molar-refractivity contribution < 1.29 is 4.39 Å². The van der Waals surface area contributed by atoms with Crippen molar-refractivity contribution in [2.75, 3.05) is 32.4 Å². The number of fused-ring (bicyclic) bond motifs is 1. The van der Waals surface area contributed by atoms with Crippen molar-refractivity contribution in [2.24, 2.45) is 5.10 Å². The predicted octanol–water partition coefficient (Wildman–Crippen LogP) is 3.99. The first-order valence-corrected chi connectivity index (χ1v) is 11.3. The highest BCUT2D eigenvalue weighted by molar-refractivity contribution is 7.15. The van der Waals surface area contributed by atoms with Gasteiger partial charge in [-0.15, -0.1) is 11.3 Å². The Morgan fingerprint density at radius 3 is 2.84 bits per heavy atom. The molecule has 160 valence electrons. The van der Waals surface area contributed by atoms with E-state index in [0.29, 0.717) is 16.8 Å². The zero-order chi connectivity index (χ0) is 21.5. The van der Waals surface area contributed by atoms with Gasteiger partial charge in [0.15, 0.2) is 0 Å². The van der Waals surface area contributed by atoms with E-state index in [0.717, 1.165) is 48.7 Å². The lowest BCUT2D eigenvalue weighted by Gasteiger charge is -2.24. The Morgan fingerprint density at radius 2 is 2.06 bits per heavy atom. The Balaban J connectivity index is 1.52. The number of anilines is 1. The van der Waals surface area contributed by atoms with E-state index in [1.807, 2.05) is 30.4 Å². The first-order chi connectivity index (χ1) is 15.0. The summed E-state index contributed by atoms with van der Waals surface area (Å²) in [7, 11) is 1.92. The lowest BCUT2D eigenvalue weighted by Crippen LogP contribution is -2.29. The van der Waals surface area contributed by atoms with E-state index in [9.17, 15) is 4.39 Å². The number of nitrogen functional groups attached to an aromatic ring is 1. The van der Waals surface area contributed by atoms with Crippen LogP contribution in [0.1, 0.15) is 29.0 Å². The SMILES string of the molecule is CCN1CCc2sc(-c3cnc(F)c(-c4cc(C5C=NN(C)C5)ncc4N)c3)cc2C1. The van der Waals surface area contributed by atoms with Gasteiger partial charge in [-0.3, -0.25) is 14.9 Å². The fourth-order valence-corrected chi connectivity index (χ4v) is 5.38. The van der Waals surface area contributed by atoms with Crippen LogP contribution in [-0.2, 0) is 13.0 Å². The molecule has 0 radical (unpaired) electrons. The summed E-state index contributed by atoms with van der Waals surface area (Å²) < 4.78 is 14.8. The van der Waals surface area contributed by atoms with Gasteiger partial charge < -0.3 is 5.73 Å². The van der Waals surface area contributed by atoms with E-state index in [1.165, 1.54) is 10.4 Å². The van der Waals surface area contributed by atoms with Gasteiger partial charge in [-0.25, -0.2) is 4.98 Å². The van der Waals surface area contributed by atoms with Gasteiger partial charge in [-0.1, -0.05) is 6.92 Å². The minimum atomic E-state index is -0.525. The molecule has 0 saturated heterocycles. The summed E-state index contributed by atoms with van der Waals surface area (Å²) in [6, 6.07) is 5.96. The van der Waals surface area contributed by atoms with E-state index in [-0.39, 0.29) is 5.92 Å². The third-order valence-corrected chi connectivity index (χ3v) is 7.33. The standard InChI is InChI=1S/C23H25FN6S/c1-3-30-5-4-21-15(13-30)7-22(31-21)14-6-18(23(24)27-9-14)17-8-20(26-11-19(17)25)16-10-28-29(2)12-16/h6-11,16H,3-5,12-13,25H2,1-2H3. The second-order valence-electron chi connectivity index (χ2n) is 8.15. The van der Waals surface area contributed by atoms with Crippen LogP contribution in [0.4, 0.5) is 10.1 Å². The van der Waals surface area contributed by atoms with Crippen LogP contribution in [0.3, 0.4) is 0 Å². The summed E-state index contributed by atoms with van der Waals surface area (Å²) in [6.45, 7) is 6.05. The quantitative estimate of drug-likeness (QED) is 0.627. The lowest BCUT2D eigenvalue weighted by molar-refractivity contribution is 0.270. The molecule has 2 aliphatic heterocycles. The molecule has 0 saturated carbocycles. The maximum atomic E-state index is 14.8. The van der Waals surface area contributed by atoms with Crippen molar-refractivity contribution in [1.82, 2.24) is 19.9 Å². The molecule has 0 aromatic carbocycles. The molecule has 0 bridgehead atoms. The molecule has 1 unspecified atom stereocenters. The largest absolute Gasteiger partial charge is 0.397 e. The fraction of sp³-hybridized carbons (Fsp3) is 0.348. The number of nitrogens with zero attached hydrogens (tertiary/aromatic N) is 5. The molecular formula is C23H25FN6S. The second kappa shape index (κ2) is 8.01. The average Bonchev–Trinajstić information content (AvgIpc) is 3.40. The monoisotopic (exact) mass is 436 g/mol. The minimum absolute atomic E-state index is 0.0640. The summed E-state index contributed by atoms with van der Waals surface area (Å²) in [5.41, 5.74) is 10.8. The van der Waals surface area contributed by atoms with E-state index >= 15 is 0 Å². The Hall–Kier alpha value is -2.84. The number of thiophene rings is 1. The van der Waals surface area contributed by atoms with Crippen LogP contribution >= 0.6 is 11.3 Å². The summed E-state index contributed by atoms with van der Waals surface area (Å²) in [6.07, 6.45) is 6.15. The van der Waals surface area contributed by atoms with E-state index < -0.39 is 5.95 Å². The van der Waals surface area contributed by atoms with Crippen LogP contribution in [-0.4, -0.2) is 52.8 Å². The molecule has 0 fully saturated rings. The number of aromatic nitrogens is 2. The number of nitrogens with two attached hydrogens (primary N) is 1. The first kappa shape index (κ1) is 20.1. The molecule has 1 atom stereocenters. The topological polar surface area (TPSA) is 70.6 Å². The molecule has 0 spiro atoms. The Bertz CT molecular complexity index is 1160. The molecule has 5 rings (SSSR count). The number of halogens is 1. The van der Waals surface area contributed by atoms with Gasteiger partial charge in [-0.05, 0) is 36.7 Å². The van der Waals surface area contributed by atoms with E-state index in [4.69, 9.17) is 5.73 Å². The fourth-order valence-electron chi connectivity index (χ4n) is 4.24. The van der Waals surface area contributed by atoms with Crippen molar-refractivity contribution in [1.29, 1.82) is 0 Å². The summed E-state index contributed by atoms with van der Waals surface area (Å²) in [5.74, 6) is -0.461.